The molecule has 1 N–H and O–H groups in total. The van der Waals surface area contributed by atoms with Crippen molar-refractivity contribution < 1.29 is 9.90 Å². The number of hydrogen-bond donors (Lipinski definition) is 1. The van der Waals surface area contributed by atoms with E-state index in [-0.39, 0.29) is 9.75 Å². The van der Waals surface area contributed by atoms with Gasteiger partial charge in [-0.3, -0.25) is 9.36 Å². The molecule has 0 saturated carbocycles. The molecule has 0 unspecified atom stereocenters. The Kier molecular flexibility index (Phi) is 2.88. The average Bonchev–Trinajstić information content (AvgIpc) is 3.03. The van der Waals surface area contributed by atoms with E-state index in [9.17, 15) is 9.59 Å². The van der Waals surface area contributed by atoms with Crippen LogP contribution in [-0.4, -0.2) is 15.6 Å². The zero-order valence-corrected chi connectivity index (χ0v) is 12.8. The van der Waals surface area contributed by atoms with Gasteiger partial charge in [-0.25, -0.2) is 4.79 Å². The lowest BCUT2D eigenvalue weighted by Gasteiger charge is -2.07. The summed E-state index contributed by atoms with van der Waals surface area (Å²) in [5, 5.41) is 11.1. The molecule has 0 amide bonds. The number of fused-ring (bicyclic) bond motifs is 2. The number of nitrogens with zero attached hydrogens (tertiary/aromatic N) is 1. The van der Waals surface area contributed by atoms with Gasteiger partial charge in [0.25, 0.3) is 0 Å². The minimum Gasteiger partial charge on any atom is -0.477 e. The third-order valence-electron chi connectivity index (χ3n) is 3.48. The van der Waals surface area contributed by atoms with Crippen LogP contribution in [0.2, 0.25) is 0 Å². The van der Waals surface area contributed by atoms with Crippen molar-refractivity contribution in [3.8, 4) is 5.69 Å². The minimum absolute atomic E-state index is 0.102. The molecule has 0 saturated heterocycles. The molecular weight excluding hydrogens is 318 g/mol. The summed E-state index contributed by atoms with van der Waals surface area (Å²) >= 11 is 2.20. The molecule has 4 rings (SSSR count). The van der Waals surface area contributed by atoms with E-state index in [1.54, 1.807) is 10.6 Å². The van der Waals surface area contributed by atoms with Crippen LogP contribution in [0.1, 0.15) is 9.67 Å². The molecule has 2 heterocycles. The first-order chi connectivity index (χ1) is 10.6. The Balaban J connectivity index is 2.09. The molecule has 0 aliphatic heterocycles. The second kappa shape index (κ2) is 4.79. The largest absolute Gasteiger partial charge is 0.477 e. The molecule has 22 heavy (non-hydrogen) atoms. The van der Waals surface area contributed by atoms with Gasteiger partial charge in [-0.05, 0) is 17.5 Å². The van der Waals surface area contributed by atoms with E-state index < -0.39 is 5.97 Å². The average molecular weight is 327 g/mol. The maximum Gasteiger partial charge on any atom is 0.345 e. The summed E-state index contributed by atoms with van der Waals surface area (Å²) in [6.45, 7) is 0. The molecule has 4 aromatic rings. The lowest BCUT2D eigenvalue weighted by Crippen LogP contribution is -2.10. The highest BCUT2D eigenvalue weighted by atomic mass is 32.1. The van der Waals surface area contributed by atoms with Gasteiger partial charge in [-0.15, -0.1) is 11.3 Å². The Hall–Kier alpha value is -2.44. The Bertz CT molecular complexity index is 1080. The van der Waals surface area contributed by atoms with Crippen LogP contribution >= 0.6 is 22.7 Å². The molecule has 0 fully saturated rings. The van der Waals surface area contributed by atoms with Crippen LogP contribution in [0.4, 0.5) is 0 Å². The van der Waals surface area contributed by atoms with Gasteiger partial charge < -0.3 is 5.11 Å². The van der Waals surface area contributed by atoms with Crippen molar-refractivity contribution in [3.05, 3.63) is 63.1 Å². The molecule has 0 atom stereocenters. The molecule has 2 aromatic heterocycles. The number of carboxylic acid groups (broad SMARTS) is 1. The highest BCUT2D eigenvalue weighted by molar-refractivity contribution is 7.27. The number of aromatic carboxylic acids is 1. The maximum atomic E-state index is 12.4. The van der Waals surface area contributed by atoms with E-state index in [4.69, 9.17) is 5.11 Å². The molecule has 0 aliphatic rings. The van der Waals surface area contributed by atoms with Crippen molar-refractivity contribution in [3.63, 3.8) is 0 Å². The number of aromatic nitrogens is 1. The fourth-order valence-corrected chi connectivity index (χ4v) is 4.64. The third kappa shape index (κ3) is 1.88. The van der Waals surface area contributed by atoms with Gasteiger partial charge in [0.1, 0.15) is 9.71 Å². The minimum atomic E-state index is -0.967. The number of hydrogen-bond acceptors (Lipinski definition) is 4. The summed E-state index contributed by atoms with van der Waals surface area (Å²) in [5.74, 6) is -0.967. The Morgan fingerprint density at radius 3 is 2.64 bits per heavy atom. The van der Waals surface area contributed by atoms with E-state index in [0.29, 0.717) is 9.53 Å². The summed E-state index contributed by atoms with van der Waals surface area (Å²) in [6, 6.07) is 15.2. The summed E-state index contributed by atoms with van der Waals surface area (Å²) in [4.78, 5) is 24.3. The Morgan fingerprint density at radius 2 is 1.82 bits per heavy atom. The standard InChI is InChI=1S/C16H9NO3S2/c18-15(19)13-8-12-14(21-13)17(16(20)22-12)11-7-3-5-9-4-1-2-6-10(9)11/h1-8H,(H,18,19). The second-order valence-corrected chi connectivity index (χ2v) is 6.81. The van der Waals surface area contributed by atoms with Gasteiger partial charge in [-0.2, -0.15) is 0 Å². The Labute approximate surface area is 132 Å². The zero-order chi connectivity index (χ0) is 15.3. The van der Waals surface area contributed by atoms with E-state index in [0.717, 1.165) is 39.1 Å². The number of carbonyl (C=O) groups is 1. The summed E-state index contributed by atoms with van der Waals surface area (Å²) < 4.78 is 2.32. The van der Waals surface area contributed by atoms with E-state index >= 15 is 0 Å². The van der Waals surface area contributed by atoms with Crippen LogP contribution in [0, 0.1) is 0 Å². The molecule has 0 radical (unpaired) electrons. The maximum absolute atomic E-state index is 12.4. The van der Waals surface area contributed by atoms with E-state index in [1.165, 1.54) is 0 Å². The lowest BCUT2D eigenvalue weighted by atomic mass is 10.1. The fourth-order valence-electron chi connectivity index (χ4n) is 2.53. The van der Waals surface area contributed by atoms with Crippen molar-refractivity contribution >= 4 is 48.9 Å². The lowest BCUT2D eigenvalue weighted by molar-refractivity contribution is 0.0702. The van der Waals surface area contributed by atoms with Crippen molar-refractivity contribution in [1.29, 1.82) is 0 Å². The predicted molar refractivity (Wildman–Crippen MR) is 89.8 cm³/mol. The highest BCUT2D eigenvalue weighted by Gasteiger charge is 2.17. The van der Waals surface area contributed by atoms with Crippen molar-refractivity contribution in [2.24, 2.45) is 0 Å². The van der Waals surface area contributed by atoms with Gasteiger partial charge in [0.05, 0.1) is 10.4 Å². The van der Waals surface area contributed by atoms with Crippen LogP contribution in [0.25, 0.3) is 26.0 Å². The number of rotatable bonds is 2. The number of thiophene rings is 1. The van der Waals surface area contributed by atoms with Crippen molar-refractivity contribution in [2.75, 3.05) is 0 Å². The quantitative estimate of drug-likeness (QED) is 0.606. The van der Waals surface area contributed by atoms with Gasteiger partial charge in [-0.1, -0.05) is 47.7 Å². The van der Waals surface area contributed by atoms with Gasteiger partial charge in [0.2, 0.25) is 0 Å². The smallest absolute Gasteiger partial charge is 0.345 e. The van der Waals surface area contributed by atoms with Gasteiger partial charge in [0, 0.05) is 5.39 Å². The molecule has 2 aromatic carbocycles. The van der Waals surface area contributed by atoms with Crippen LogP contribution in [0.3, 0.4) is 0 Å². The molecule has 0 bridgehead atoms. The fraction of sp³-hybridized carbons (Fsp3) is 0. The molecule has 0 aliphatic carbocycles. The van der Waals surface area contributed by atoms with Crippen LogP contribution in [0.5, 0.6) is 0 Å². The Morgan fingerprint density at radius 1 is 1.05 bits per heavy atom. The van der Waals surface area contributed by atoms with Crippen LogP contribution < -0.4 is 4.87 Å². The number of carboxylic acids is 1. The molecule has 6 heteroatoms. The second-order valence-electron chi connectivity index (χ2n) is 4.79. The molecule has 108 valence electrons. The van der Waals surface area contributed by atoms with Crippen LogP contribution in [-0.2, 0) is 0 Å². The first kappa shape index (κ1) is 13.2. The van der Waals surface area contributed by atoms with Crippen LogP contribution in [0.15, 0.2) is 53.3 Å². The monoisotopic (exact) mass is 327 g/mol. The van der Waals surface area contributed by atoms with E-state index in [2.05, 4.69) is 0 Å². The number of benzene rings is 2. The molecular formula is C16H9NO3S2. The normalized spacial score (nSPS) is 11.3. The van der Waals surface area contributed by atoms with Crippen molar-refractivity contribution in [1.82, 2.24) is 4.57 Å². The first-order valence-corrected chi connectivity index (χ1v) is 8.15. The third-order valence-corrected chi connectivity index (χ3v) is 5.61. The van der Waals surface area contributed by atoms with E-state index in [1.807, 2.05) is 42.5 Å². The predicted octanol–water partition coefficient (Wildman–Crippen LogP) is 3.97. The number of thiazole rings is 1. The van der Waals surface area contributed by atoms with Crippen molar-refractivity contribution in [2.45, 2.75) is 0 Å². The summed E-state index contributed by atoms with van der Waals surface area (Å²) in [5.41, 5.74) is 0.785. The molecule has 0 spiro atoms. The molecule has 4 nitrogen and oxygen atoms in total. The van der Waals surface area contributed by atoms with Gasteiger partial charge in [0.15, 0.2) is 0 Å². The summed E-state index contributed by atoms with van der Waals surface area (Å²) in [7, 11) is 0. The SMILES string of the molecule is O=C(O)c1cc2sc(=O)n(-c3cccc4ccccc34)c2s1. The first-order valence-electron chi connectivity index (χ1n) is 6.52. The summed E-state index contributed by atoms with van der Waals surface area (Å²) in [6.07, 6.45) is 0. The zero-order valence-electron chi connectivity index (χ0n) is 11.1. The van der Waals surface area contributed by atoms with Gasteiger partial charge >= 0.3 is 10.8 Å². The topological polar surface area (TPSA) is 59.3 Å². The highest BCUT2D eigenvalue weighted by Crippen LogP contribution is 2.32.